The number of hydrogen-bond donors (Lipinski definition) is 2. The van der Waals surface area contributed by atoms with Crippen LogP contribution < -0.4 is 10.1 Å². The molecular weight excluding hydrogens is 258 g/mol. The van der Waals surface area contributed by atoms with Crippen molar-refractivity contribution < 1.29 is 19.4 Å². The van der Waals surface area contributed by atoms with Crippen molar-refractivity contribution in [2.45, 2.75) is 32.6 Å². The van der Waals surface area contributed by atoms with Gasteiger partial charge >= 0.3 is 5.97 Å². The second-order valence-corrected chi connectivity index (χ2v) is 5.09. The molecule has 0 aromatic heterocycles. The number of ether oxygens (including phenoxy) is 1. The van der Waals surface area contributed by atoms with E-state index in [1.807, 2.05) is 13.0 Å². The number of rotatable bonds is 6. The van der Waals surface area contributed by atoms with Gasteiger partial charge in [-0.25, -0.2) is 0 Å². The van der Waals surface area contributed by atoms with Crippen LogP contribution in [0.25, 0.3) is 0 Å². The Morgan fingerprint density at radius 1 is 1.35 bits per heavy atom. The fourth-order valence-electron chi connectivity index (χ4n) is 2.42. The molecular formula is C15H19NO4. The van der Waals surface area contributed by atoms with Crippen LogP contribution in [-0.2, 0) is 9.59 Å². The lowest BCUT2D eigenvalue weighted by atomic mass is 9.66. The van der Waals surface area contributed by atoms with Gasteiger partial charge in [0.25, 0.3) is 0 Å². The molecule has 0 radical (unpaired) electrons. The van der Waals surface area contributed by atoms with Gasteiger partial charge in [0, 0.05) is 6.42 Å². The highest BCUT2D eigenvalue weighted by Gasteiger charge is 2.45. The van der Waals surface area contributed by atoms with Crippen molar-refractivity contribution in [2.75, 3.05) is 11.9 Å². The normalized spacial score (nSPS) is 16.1. The van der Waals surface area contributed by atoms with Gasteiger partial charge in [-0.05, 0) is 31.9 Å². The fraction of sp³-hybridized carbons (Fsp3) is 0.467. The predicted octanol–water partition coefficient (Wildman–Crippen LogP) is 2.67. The summed E-state index contributed by atoms with van der Waals surface area (Å²) < 4.78 is 5.42. The molecule has 1 aliphatic carbocycles. The quantitative estimate of drug-likeness (QED) is 0.838. The summed E-state index contributed by atoms with van der Waals surface area (Å²) in [6.07, 6.45) is 2.03. The van der Waals surface area contributed by atoms with E-state index in [9.17, 15) is 14.7 Å². The van der Waals surface area contributed by atoms with Crippen molar-refractivity contribution in [1.29, 1.82) is 0 Å². The zero-order chi connectivity index (χ0) is 14.6. The molecule has 5 heteroatoms. The first-order valence-electron chi connectivity index (χ1n) is 6.82. The van der Waals surface area contributed by atoms with Gasteiger partial charge in [0.15, 0.2) is 0 Å². The summed E-state index contributed by atoms with van der Waals surface area (Å²) in [5.74, 6) is -0.558. The average molecular weight is 277 g/mol. The molecule has 0 atom stereocenters. The number of carbonyl (C=O) groups is 2. The maximum absolute atomic E-state index is 12.1. The Morgan fingerprint density at radius 3 is 2.60 bits per heavy atom. The third-order valence-electron chi connectivity index (χ3n) is 3.72. The Kier molecular flexibility index (Phi) is 4.27. The van der Waals surface area contributed by atoms with Crippen LogP contribution in [0.1, 0.15) is 32.6 Å². The number of nitrogens with one attached hydrogen (secondary N) is 1. The third-order valence-corrected chi connectivity index (χ3v) is 3.72. The second-order valence-electron chi connectivity index (χ2n) is 5.09. The molecule has 1 fully saturated rings. The van der Waals surface area contributed by atoms with E-state index < -0.39 is 11.4 Å². The number of carbonyl (C=O) groups excluding carboxylic acids is 1. The molecule has 0 saturated heterocycles. The van der Waals surface area contributed by atoms with Crippen LogP contribution in [0, 0.1) is 5.41 Å². The highest BCUT2D eigenvalue weighted by molar-refractivity contribution is 5.95. The third kappa shape index (κ3) is 2.92. The van der Waals surface area contributed by atoms with Crippen LogP contribution in [-0.4, -0.2) is 23.6 Å². The topological polar surface area (TPSA) is 75.6 Å². The minimum atomic E-state index is -0.878. The summed E-state index contributed by atoms with van der Waals surface area (Å²) in [5.41, 5.74) is -0.288. The lowest BCUT2D eigenvalue weighted by Crippen LogP contribution is -2.41. The first-order valence-corrected chi connectivity index (χ1v) is 6.82. The van der Waals surface area contributed by atoms with Gasteiger partial charge in [0.05, 0.1) is 17.7 Å². The molecule has 0 spiro atoms. The minimum absolute atomic E-state index is 0.0167. The van der Waals surface area contributed by atoms with Gasteiger partial charge in [-0.1, -0.05) is 18.6 Å². The number of aliphatic carboxylic acids is 1. The van der Waals surface area contributed by atoms with E-state index in [1.54, 1.807) is 18.2 Å². The lowest BCUT2D eigenvalue weighted by Gasteiger charge is -2.36. The fourth-order valence-corrected chi connectivity index (χ4v) is 2.42. The zero-order valence-electron chi connectivity index (χ0n) is 11.5. The van der Waals surface area contributed by atoms with E-state index in [2.05, 4.69) is 5.32 Å². The van der Waals surface area contributed by atoms with Crippen molar-refractivity contribution in [2.24, 2.45) is 5.41 Å². The first-order chi connectivity index (χ1) is 9.57. The summed E-state index contributed by atoms with van der Waals surface area (Å²) >= 11 is 0. The number of carboxylic acid groups (broad SMARTS) is 1. The second kappa shape index (κ2) is 5.94. The molecule has 1 saturated carbocycles. The number of amides is 1. The van der Waals surface area contributed by atoms with Gasteiger partial charge < -0.3 is 15.2 Å². The zero-order valence-corrected chi connectivity index (χ0v) is 11.5. The predicted molar refractivity (Wildman–Crippen MR) is 74.8 cm³/mol. The minimum Gasteiger partial charge on any atom is -0.492 e. The van der Waals surface area contributed by atoms with E-state index in [0.717, 1.165) is 6.42 Å². The molecule has 0 unspecified atom stereocenters. The van der Waals surface area contributed by atoms with Gasteiger partial charge in [0.2, 0.25) is 5.91 Å². The maximum atomic E-state index is 12.1. The Hall–Kier alpha value is -2.04. The van der Waals surface area contributed by atoms with Gasteiger partial charge in [-0.15, -0.1) is 0 Å². The summed E-state index contributed by atoms with van der Waals surface area (Å²) in [4.78, 5) is 23.3. The van der Waals surface area contributed by atoms with E-state index in [4.69, 9.17) is 4.74 Å². The van der Waals surface area contributed by atoms with Crippen LogP contribution in [0.4, 0.5) is 5.69 Å². The van der Waals surface area contributed by atoms with E-state index in [1.165, 1.54) is 0 Å². The van der Waals surface area contributed by atoms with E-state index in [-0.39, 0.29) is 12.3 Å². The standard InChI is InChI=1S/C15H19NO4/c1-2-20-12-7-4-3-6-11(12)16-13(17)10-15(14(18)19)8-5-9-15/h3-4,6-7H,2,5,8-10H2,1H3,(H,16,17)(H,18,19). The van der Waals surface area contributed by atoms with Crippen molar-refractivity contribution in [3.05, 3.63) is 24.3 Å². The SMILES string of the molecule is CCOc1ccccc1NC(=O)CC1(C(=O)O)CCC1. The van der Waals surface area contributed by atoms with Crippen molar-refractivity contribution in [1.82, 2.24) is 0 Å². The number of hydrogen-bond acceptors (Lipinski definition) is 3. The van der Waals surface area contributed by atoms with Crippen LogP contribution >= 0.6 is 0 Å². The Labute approximate surface area is 117 Å². The molecule has 108 valence electrons. The van der Waals surface area contributed by atoms with Crippen LogP contribution in [0.15, 0.2) is 24.3 Å². The number of para-hydroxylation sites is 2. The maximum Gasteiger partial charge on any atom is 0.310 e. The Bertz CT molecular complexity index is 508. The Balaban J connectivity index is 2.03. The van der Waals surface area contributed by atoms with Gasteiger partial charge in [0.1, 0.15) is 5.75 Å². The molecule has 1 aromatic rings. The van der Waals surface area contributed by atoms with Crippen LogP contribution in [0.2, 0.25) is 0 Å². The summed E-state index contributed by atoms with van der Waals surface area (Å²) in [6.45, 7) is 2.37. The van der Waals surface area contributed by atoms with Crippen molar-refractivity contribution in [3.63, 3.8) is 0 Å². The van der Waals surface area contributed by atoms with Crippen molar-refractivity contribution in [3.8, 4) is 5.75 Å². The lowest BCUT2D eigenvalue weighted by molar-refractivity contribution is -0.157. The largest absolute Gasteiger partial charge is 0.492 e. The van der Waals surface area contributed by atoms with E-state index >= 15 is 0 Å². The number of benzene rings is 1. The average Bonchev–Trinajstić information content (AvgIpc) is 2.36. The molecule has 1 aliphatic rings. The smallest absolute Gasteiger partial charge is 0.310 e. The molecule has 0 aliphatic heterocycles. The molecule has 20 heavy (non-hydrogen) atoms. The molecule has 2 N–H and O–H groups in total. The first kappa shape index (κ1) is 14.4. The van der Waals surface area contributed by atoms with Crippen molar-refractivity contribution >= 4 is 17.6 Å². The molecule has 0 heterocycles. The molecule has 5 nitrogen and oxygen atoms in total. The van der Waals surface area contributed by atoms with Gasteiger partial charge in [-0.2, -0.15) is 0 Å². The summed E-state index contributed by atoms with van der Waals surface area (Å²) in [7, 11) is 0. The molecule has 1 aromatic carbocycles. The van der Waals surface area contributed by atoms with Crippen LogP contribution in [0.5, 0.6) is 5.75 Å². The van der Waals surface area contributed by atoms with Gasteiger partial charge in [-0.3, -0.25) is 9.59 Å². The molecule has 1 amide bonds. The highest BCUT2D eigenvalue weighted by atomic mass is 16.5. The molecule has 0 bridgehead atoms. The summed E-state index contributed by atoms with van der Waals surface area (Å²) in [6, 6.07) is 7.15. The molecule has 2 rings (SSSR count). The summed E-state index contributed by atoms with van der Waals surface area (Å²) in [5, 5.41) is 12.0. The van der Waals surface area contributed by atoms with Crippen LogP contribution in [0.3, 0.4) is 0 Å². The monoisotopic (exact) mass is 277 g/mol. The highest BCUT2D eigenvalue weighted by Crippen LogP contribution is 2.44. The Morgan fingerprint density at radius 2 is 2.05 bits per heavy atom. The van der Waals surface area contributed by atoms with E-state index in [0.29, 0.717) is 30.9 Å². The number of carboxylic acids is 1. The number of anilines is 1.